The molecule has 0 amide bonds. The zero-order valence-corrected chi connectivity index (χ0v) is 6.43. The predicted octanol–water partition coefficient (Wildman–Crippen LogP) is 2.05. The second-order valence-electron chi connectivity index (χ2n) is 2.06. The average Bonchev–Trinajstić information content (AvgIpc) is 1.89. The first-order valence-corrected chi connectivity index (χ1v) is 3.50. The fourth-order valence-corrected chi connectivity index (χ4v) is 0.510. The van der Waals surface area contributed by atoms with Gasteiger partial charge < -0.3 is 5.11 Å². The van der Waals surface area contributed by atoms with Gasteiger partial charge in [-0.3, -0.25) is 0 Å². The third-order valence-corrected chi connectivity index (χ3v) is 1.04. The van der Waals surface area contributed by atoms with Crippen molar-refractivity contribution < 1.29 is 5.11 Å². The van der Waals surface area contributed by atoms with Crippen LogP contribution in [0.1, 0.15) is 19.8 Å². The molecule has 1 N–H and O–H groups in total. The van der Waals surface area contributed by atoms with Gasteiger partial charge in [-0.2, -0.15) is 0 Å². The summed E-state index contributed by atoms with van der Waals surface area (Å²) in [6.07, 6.45) is 5.37. The molecule has 0 bridgehead atoms. The number of allylic oxidation sites excluding steroid dienone is 1. The molecule has 1 heteroatoms. The predicted molar refractivity (Wildman–Crippen MR) is 43.8 cm³/mol. The van der Waals surface area contributed by atoms with Crippen molar-refractivity contribution in [2.45, 2.75) is 19.8 Å². The molecule has 0 aromatic rings. The topological polar surface area (TPSA) is 20.2 Å². The van der Waals surface area contributed by atoms with Crippen LogP contribution in [0.15, 0.2) is 30.0 Å². The first kappa shape index (κ1) is 9.22. The Morgan fingerprint density at radius 3 is 2.90 bits per heavy atom. The van der Waals surface area contributed by atoms with Crippen molar-refractivity contribution in [2.75, 3.05) is 6.61 Å². The van der Waals surface area contributed by atoms with Gasteiger partial charge in [0.15, 0.2) is 0 Å². The van der Waals surface area contributed by atoms with Gasteiger partial charge in [0.2, 0.25) is 0 Å². The zero-order valence-electron chi connectivity index (χ0n) is 6.43. The van der Waals surface area contributed by atoms with E-state index in [1.165, 1.54) is 0 Å². The molecule has 0 heterocycles. The lowest BCUT2D eigenvalue weighted by atomic mass is 10.2. The summed E-state index contributed by atoms with van der Waals surface area (Å²) in [4.78, 5) is 0. The lowest BCUT2D eigenvalue weighted by Crippen LogP contribution is -1.81. The summed E-state index contributed by atoms with van der Waals surface area (Å²) >= 11 is 0. The van der Waals surface area contributed by atoms with E-state index in [0.717, 1.165) is 12.0 Å². The minimum Gasteiger partial charge on any atom is -0.396 e. The van der Waals surface area contributed by atoms with Crippen LogP contribution < -0.4 is 0 Å². The summed E-state index contributed by atoms with van der Waals surface area (Å²) in [6, 6.07) is 0. The second-order valence-corrected chi connectivity index (χ2v) is 2.06. The van der Waals surface area contributed by atoms with Crippen molar-refractivity contribution in [1.82, 2.24) is 0 Å². The Balaban J connectivity index is 3.66. The van der Waals surface area contributed by atoms with E-state index >= 15 is 0 Å². The van der Waals surface area contributed by atoms with E-state index in [9.17, 15) is 0 Å². The summed E-state index contributed by atoms with van der Waals surface area (Å²) in [7, 11) is 0. The number of rotatable bonds is 4. The molecule has 1 nitrogen and oxygen atoms in total. The van der Waals surface area contributed by atoms with Crippen molar-refractivity contribution in [1.29, 1.82) is 0 Å². The van der Waals surface area contributed by atoms with Gasteiger partial charge in [-0.05, 0) is 30.6 Å². The number of hydrogen-bond donors (Lipinski definition) is 1. The third-order valence-electron chi connectivity index (χ3n) is 1.04. The Hall–Kier alpha value is -0.780. The molecule has 56 valence electrons. The van der Waals surface area contributed by atoms with Crippen LogP contribution >= 0.6 is 0 Å². The summed E-state index contributed by atoms with van der Waals surface area (Å²) < 4.78 is 0. The normalized spacial score (nSPS) is 8.20. The molecule has 0 unspecified atom stereocenters. The fraction of sp³-hybridized carbons (Fsp3) is 0.444. The van der Waals surface area contributed by atoms with Gasteiger partial charge >= 0.3 is 0 Å². The molecule has 0 rings (SSSR count). The van der Waals surface area contributed by atoms with E-state index in [-0.39, 0.29) is 6.61 Å². The highest BCUT2D eigenvalue weighted by Crippen LogP contribution is 1.96. The molecular formula is C9H14O. The lowest BCUT2D eigenvalue weighted by Gasteiger charge is -1.89. The Bertz CT molecular complexity index is 150. The molecule has 0 aliphatic carbocycles. The van der Waals surface area contributed by atoms with E-state index in [0.29, 0.717) is 6.42 Å². The van der Waals surface area contributed by atoms with Crippen LogP contribution in [-0.2, 0) is 0 Å². The first-order valence-electron chi connectivity index (χ1n) is 3.50. The van der Waals surface area contributed by atoms with E-state index < -0.39 is 0 Å². The van der Waals surface area contributed by atoms with Crippen LogP contribution in [0.5, 0.6) is 0 Å². The molecule has 0 aliphatic rings. The SMILES string of the molecule is C=C(C=C=CCC)CCO. The third kappa shape index (κ3) is 5.36. The Kier molecular flexibility index (Phi) is 5.85. The van der Waals surface area contributed by atoms with Crippen LogP contribution in [0, 0.1) is 0 Å². The molecule has 10 heavy (non-hydrogen) atoms. The number of hydrogen-bond acceptors (Lipinski definition) is 1. The fourth-order valence-electron chi connectivity index (χ4n) is 0.510. The highest BCUT2D eigenvalue weighted by molar-refractivity contribution is 5.13. The zero-order chi connectivity index (χ0) is 7.82. The van der Waals surface area contributed by atoms with Crippen molar-refractivity contribution in [3.8, 4) is 0 Å². The molecule has 0 aliphatic heterocycles. The second kappa shape index (κ2) is 6.34. The monoisotopic (exact) mass is 138 g/mol. The van der Waals surface area contributed by atoms with Crippen LogP contribution in [0.2, 0.25) is 0 Å². The maximum Gasteiger partial charge on any atom is 0.0471 e. The molecule has 0 atom stereocenters. The maximum atomic E-state index is 8.47. The summed E-state index contributed by atoms with van der Waals surface area (Å²) in [6.45, 7) is 5.94. The van der Waals surface area contributed by atoms with Crippen molar-refractivity contribution in [3.05, 3.63) is 30.0 Å². The van der Waals surface area contributed by atoms with Gasteiger partial charge in [-0.25, -0.2) is 0 Å². The molecule has 0 aromatic heterocycles. The van der Waals surface area contributed by atoms with E-state index in [4.69, 9.17) is 5.11 Å². The van der Waals surface area contributed by atoms with Crippen LogP contribution in [0.4, 0.5) is 0 Å². The minimum atomic E-state index is 0.170. The standard InChI is InChI=1S/C9H14O/c1-3-4-5-6-9(2)7-8-10/h4,6,10H,2-3,7-8H2,1H3. The van der Waals surface area contributed by atoms with Gasteiger partial charge in [-0.1, -0.05) is 13.5 Å². The molecule has 0 radical (unpaired) electrons. The Morgan fingerprint density at radius 2 is 2.40 bits per heavy atom. The highest BCUT2D eigenvalue weighted by Gasteiger charge is 1.82. The van der Waals surface area contributed by atoms with E-state index in [1.54, 1.807) is 6.08 Å². The average molecular weight is 138 g/mol. The van der Waals surface area contributed by atoms with Crippen LogP contribution in [-0.4, -0.2) is 11.7 Å². The summed E-state index contributed by atoms with van der Waals surface area (Å²) in [5.41, 5.74) is 3.88. The number of aliphatic hydroxyl groups is 1. The molecule has 0 saturated heterocycles. The van der Waals surface area contributed by atoms with E-state index in [1.807, 2.05) is 6.08 Å². The van der Waals surface area contributed by atoms with Gasteiger partial charge in [-0.15, -0.1) is 5.73 Å². The largest absolute Gasteiger partial charge is 0.396 e. The van der Waals surface area contributed by atoms with Gasteiger partial charge in [0.05, 0.1) is 0 Å². The highest BCUT2D eigenvalue weighted by atomic mass is 16.2. The minimum absolute atomic E-state index is 0.170. The van der Waals surface area contributed by atoms with Gasteiger partial charge in [0.1, 0.15) is 0 Å². The van der Waals surface area contributed by atoms with Crippen molar-refractivity contribution in [3.63, 3.8) is 0 Å². The van der Waals surface area contributed by atoms with Gasteiger partial charge in [0, 0.05) is 6.61 Å². The molecule has 0 fully saturated rings. The maximum absolute atomic E-state index is 8.47. The molecule has 0 spiro atoms. The van der Waals surface area contributed by atoms with Crippen molar-refractivity contribution >= 4 is 0 Å². The quantitative estimate of drug-likeness (QED) is 0.465. The molecule has 0 saturated carbocycles. The molecular weight excluding hydrogens is 124 g/mol. The Labute approximate surface area is 62.4 Å². The summed E-state index contributed by atoms with van der Waals surface area (Å²) in [5.74, 6) is 0. The van der Waals surface area contributed by atoms with Crippen molar-refractivity contribution in [2.24, 2.45) is 0 Å². The summed E-state index contributed by atoms with van der Waals surface area (Å²) in [5, 5.41) is 8.47. The molecule has 0 aromatic carbocycles. The van der Waals surface area contributed by atoms with E-state index in [2.05, 4.69) is 19.2 Å². The van der Waals surface area contributed by atoms with Crippen LogP contribution in [0.25, 0.3) is 0 Å². The number of aliphatic hydroxyl groups excluding tert-OH is 1. The van der Waals surface area contributed by atoms with Crippen LogP contribution in [0.3, 0.4) is 0 Å². The lowest BCUT2D eigenvalue weighted by molar-refractivity contribution is 0.300. The van der Waals surface area contributed by atoms with Gasteiger partial charge in [0.25, 0.3) is 0 Å². The smallest absolute Gasteiger partial charge is 0.0471 e. The Morgan fingerprint density at radius 1 is 1.70 bits per heavy atom. The first-order chi connectivity index (χ1) is 4.81.